The summed E-state index contributed by atoms with van der Waals surface area (Å²) in [5.74, 6) is -0.618. The largest absolute Gasteiger partial charge is 0.480 e. The quantitative estimate of drug-likeness (QED) is 0.651. The maximum atomic E-state index is 11.2. The Balaban J connectivity index is 2.43. The van der Waals surface area contributed by atoms with Gasteiger partial charge >= 0.3 is 5.97 Å². The molecule has 0 saturated carbocycles. The van der Waals surface area contributed by atoms with Crippen LogP contribution in [0.1, 0.15) is 13.3 Å². The number of carboxylic acids is 1. The van der Waals surface area contributed by atoms with Crippen LogP contribution in [0.3, 0.4) is 0 Å². The standard InChI is InChI=1S/C10H20N2O4S/c1-2-3-11-9(10(13)14)8-12-4-6-17(15,16)7-5-12/h9,11H,2-8H2,1H3,(H,13,14). The fourth-order valence-electron chi connectivity index (χ4n) is 1.74. The topological polar surface area (TPSA) is 86.7 Å². The molecule has 1 atom stereocenters. The van der Waals surface area contributed by atoms with Gasteiger partial charge in [0.25, 0.3) is 0 Å². The van der Waals surface area contributed by atoms with Crippen molar-refractivity contribution in [1.82, 2.24) is 10.2 Å². The number of aliphatic carboxylic acids is 1. The lowest BCUT2D eigenvalue weighted by molar-refractivity contribution is -0.140. The highest BCUT2D eigenvalue weighted by molar-refractivity contribution is 7.91. The molecule has 1 unspecified atom stereocenters. The molecule has 0 radical (unpaired) electrons. The Morgan fingerprint density at radius 3 is 2.47 bits per heavy atom. The summed E-state index contributed by atoms with van der Waals surface area (Å²) in [4.78, 5) is 12.9. The minimum atomic E-state index is -2.90. The molecule has 100 valence electrons. The van der Waals surface area contributed by atoms with E-state index in [9.17, 15) is 13.2 Å². The third kappa shape index (κ3) is 5.01. The fraction of sp³-hybridized carbons (Fsp3) is 0.900. The zero-order chi connectivity index (χ0) is 12.9. The second kappa shape index (κ2) is 6.32. The third-order valence-corrected chi connectivity index (χ3v) is 4.43. The van der Waals surface area contributed by atoms with Gasteiger partial charge in [-0.1, -0.05) is 6.92 Å². The molecule has 1 rings (SSSR count). The molecule has 0 bridgehead atoms. The molecule has 1 fully saturated rings. The normalized spacial score (nSPS) is 22.2. The first-order valence-corrected chi connectivity index (χ1v) is 7.65. The predicted molar refractivity (Wildman–Crippen MR) is 64.8 cm³/mol. The first kappa shape index (κ1) is 14.4. The van der Waals surface area contributed by atoms with Crippen molar-refractivity contribution in [3.63, 3.8) is 0 Å². The SMILES string of the molecule is CCCNC(CN1CCS(=O)(=O)CC1)C(=O)O. The highest BCUT2D eigenvalue weighted by atomic mass is 32.2. The van der Waals surface area contributed by atoms with Gasteiger partial charge in [0.15, 0.2) is 9.84 Å². The van der Waals surface area contributed by atoms with Gasteiger partial charge in [-0.05, 0) is 13.0 Å². The van der Waals surface area contributed by atoms with Crippen LogP contribution in [-0.4, -0.2) is 68.1 Å². The van der Waals surface area contributed by atoms with E-state index in [2.05, 4.69) is 5.32 Å². The molecule has 1 heterocycles. The number of nitrogens with zero attached hydrogens (tertiary/aromatic N) is 1. The fourth-order valence-corrected chi connectivity index (χ4v) is 3.02. The van der Waals surface area contributed by atoms with Crippen LogP contribution in [0.2, 0.25) is 0 Å². The third-order valence-electron chi connectivity index (χ3n) is 2.82. The summed E-state index contributed by atoms with van der Waals surface area (Å²) in [6.45, 7) is 3.85. The summed E-state index contributed by atoms with van der Waals surface area (Å²) in [6.07, 6.45) is 0.873. The van der Waals surface area contributed by atoms with Crippen molar-refractivity contribution in [3.05, 3.63) is 0 Å². The van der Waals surface area contributed by atoms with E-state index in [1.54, 1.807) is 0 Å². The summed E-state index contributed by atoms with van der Waals surface area (Å²) >= 11 is 0. The lowest BCUT2D eigenvalue weighted by atomic mass is 10.2. The van der Waals surface area contributed by atoms with Crippen molar-refractivity contribution in [2.75, 3.05) is 37.7 Å². The van der Waals surface area contributed by atoms with Crippen LogP contribution in [0, 0.1) is 0 Å². The molecule has 1 saturated heterocycles. The summed E-state index contributed by atoms with van der Waals surface area (Å²) in [5.41, 5.74) is 0. The van der Waals surface area contributed by atoms with E-state index >= 15 is 0 Å². The summed E-state index contributed by atoms with van der Waals surface area (Å²) in [7, 11) is -2.90. The lowest BCUT2D eigenvalue weighted by Crippen LogP contribution is -2.50. The Morgan fingerprint density at radius 1 is 1.41 bits per heavy atom. The Labute approximate surface area is 102 Å². The predicted octanol–water partition coefficient (Wildman–Crippen LogP) is -0.830. The molecule has 0 aromatic carbocycles. The van der Waals surface area contributed by atoms with E-state index in [0.29, 0.717) is 26.2 Å². The summed E-state index contributed by atoms with van der Waals surface area (Å²) in [6, 6.07) is -0.615. The van der Waals surface area contributed by atoms with Gasteiger partial charge in [0.05, 0.1) is 11.5 Å². The Kier molecular flexibility index (Phi) is 5.35. The van der Waals surface area contributed by atoms with Crippen molar-refractivity contribution in [3.8, 4) is 0 Å². The van der Waals surface area contributed by atoms with Gasteiger partial charge in [-0.2, -0.15) is 0 Å². The molecule has 0 amide bonds. The second-order valence-electron chi connectivity index (χ2n) is 4.30. The van der Waals surface area contributed by atoms with Crippen LogP contribution in [0.15, 0.2) is 0 Å². The summed E-state index contributed by atoms with van der Waals surface area (Å²) < 4.78 is 22.5. The van der Waals surface area contributed by atoms with Gasteiger partial charge in [-0.15, -0.1) is 0 Å². The number of carboxylic acid groups (broad SMARTS) is 1. The highest BCUT2D eigenvalue weighted by Gasteiger charge is 2.26. The molecule has 17 heavy (non-hydrogen) atoms. The second-order valence-corrected chi connectivity index (χ2v) is 6.60. The van der Waals surface area contributed by atoms with Crippen LogP contribution in [0.4, 0.5) is 0 Å². The van der Waals surface area contributed by atoms with Crippen molar-refractivity contribution in [2.24, 2.45) is 0 Å². The Morgan fingerprint density at radius 2 is 2.00 bits per heavy atom. The van der Waals surface area contributed by atoms with E-state index in [0.717, 1.165) is 6.42 Å². The molecule has 0 aliphatic carbocycles. The molecule has 0 spiro atoms. The van der Waals surface area contributed by atoms with Crippen molar-refractivity contribution < 1.29 is 18.3 Å². The van der Waals surface area contributed by atoms with Crippen molar-refractivity contribution >= 4 is 15.8 Å². The zero-order valence-corrected chi connectivity index (χ0v) is 10.9. The maximum absolute atomic E-state index is 11.2. The number of sulfone groups is 1. The molecule has 0 aromatic heterocycles. The average Bonchev–Trinajstić information content (AvgIpc) is 2.26. The summed E-state index contributed by atoms with van der Waals surface area (Å²) in [5, 5.41) is 12.0. The molecule has 1 aliphatic heterocycles. The number of nitrogens with one attached hydrogen (secondary N) is 1. The Hall–Kier alpha value is -0.660. The number of rotatable bonds is 6. The van der Waals surface area contributed by atoms with Crippen LogP contribution in [0.5, 0.6) is 0 Å². The molecule has 2 N–H and O–H groups in total. The van der Waals surface area contributed by atoms with Crippen LogP contribution in [0.25, 0.3) is 0 Å². The van der Waals surface area contributed by atoms with Crippen LogP contribution >= 0.6 is 0 Å². The average molecular weight is 264 g/mol. The number of carbonyl (C=O) groups is 1. The molecular weight excluding hydrogens is 244 g/mol. The highest BCUT2D eigenvalue weighted by Crippen LogP contribution is 2.04. The first-order chi connectivity index (χ1) is 7.94. The van der Waals surface area contributed by atoms with E-state index in [1.165, 1.54) is 0 Å². The zero-order valence-electron chi connectivity index (χ0n) is 10.1. The minimum absolute atomic E-state index is 0.132. The first-order valence-electron chi connectivity index (χ1n) is 5.83. The van der Waals surface area contributed by atoms with Crippen molar-refractivity contribution in [2.45, 2.75) is 19.4 Å². The van der Waals surface area contributed by atoms with E-state index in [4.69, 9.17) is 5.11 Å². The van der Waals surface area contributed by atoms with Crippen LogP contribution in [-0.2, 0) is 14.6 Å². The van der Waals surface area contributed by atoms with Gasteiger partial charge in [0.2, 0.25) is 0 Å². The van der Waals surface area contributed by atoms with E-state index < -0.39 is 21.8 Å². The lowest BCUT2D eigenvalue weighted by Gasteiger charge is -2.29. The molecule has 1 aliphatic rings. The number of hydrogen-bond acceptors (Lipinski definition) is 5. The monoisotopic (exact) mass is 264 g/mol. The molecule has 6 nitrogen and oxygen atoms in total. The molecule has 0 aromatic rings. The van der Waals surface area contributed by atoms with Gasteiger partial charge in [0.1, 0.15) is 6.04 Å². The van der Waals surface area contributed by atoms with Gasteiger partial charge in [0, 0.05) is 19.6 Å². The smallest absolute Gasteiger partial charge is 0.322 e. The van der Waals surface area contributed by atoms with Gasteiger partial charge in [-0.25, -0.2) is 8.42 Å². The molecule has 7 heteroatoms. The van der Waals surface area contributed by atoms with Gasteiger partial charge in [-0.3, -0.25) is 9.69 Å². The van der Waals surface area contributed by atoms with Crippen molar-refractivity contribution in [1.29, 1.82) is 0 Å². The molecular formula is C10H20N2O4S. The number of hydrogen-bond donors (Lipinski definition) is 2. The Bertz CT molecular complexity index is 341. The van der Waals surface area contributed by atoms with E-state index in [1.807, 2.05) is 11.8 Å². The maximum Gasteiger partial charge on any atom is 0.322 e. The van der Waals surface area contributed by atoms with Gasteiger partial charge < -0.3 is 10.4 Å². The minimum Gasteiger partial charge on any atom is -0.480 e. The van der Waals surface area contributed by atoms with E-state index in [-0.39, 0.29) is 11.5 Å². The van der Waals surface area contributed by atoms with Crippen LogP contribution < -0.4 is 5.32 Å².